The molecule has 0 spiro atoms. The summed E-state index contributed by atoms with van der Waals surface area (Å²) in [5.41, 5.74) is 20.5. The highest BCUT2D eigenvalue weighted by atomic mass is 79.9. The number of ketones is 1. The maximum Gasteiger partial charge on any atom is 0.343 e. The van der Waals surface area contributed by atoms with Crippen molar-refractivity contribution in [3.8, 4) is 0 Å². The molecular formula is C61H54BrN16O8S4-. The summed E-state index contributed by atoms with van der Waals surface area (Å²) >= 11 is 4.85. The number of anilines is 8. The number of nitrogens with two attached hydrogens (primary N) is 2. The zero-order valence-electron chi connectivity index (χ0n) is 47.9. The lowest BCUT2D eigenvalue weighted by Gasteiger charge is -2.23. The van der Waals surface area contributed by atoms with Crippen LogP contribution >= 0.6 is 51.2 Å². The van der Waals surface area contributed by atoms with E-state index in [1.165, 1.54) is 29.9 Å². The highest BCUT2D eigenvalue weighted by Gasteiger charge is 2.30. The molecule has 2 atom stereocenters. The van der Waals surface area contributed by atoms with Crippen molar-refractivity contribution in [2.45, 2.75) is 58.3 Å². The number of Topliss-reactive ketones (excluding diaryl/α,β-unsaturated/α-hetero) is 1. The molecule has 6 aromatic carbocycles. The number of nitro groups is 1. The van der Waals surface area contributed by atoms with E-state index in [1.807, 2.05) is 135 Å². The van der Waals surface area contributed by atoms with Gasteiger partial charge < -0.3 is 47.3 Å². The summed E-state index contributed by atoms with van der Waals surface area (Å²) in [7, 11) is 1.55. The van der Waals surface area contributed by atoms with Crippen LogP contribution in [0.4, 0.5) is 62.3 Å². The fraction of sp³-hybridized carbons (Fsp3) is 0.131. The zero-order chi connectivity index (χ0) is 63.8. The van der Waals surface area contributed by atoms with Crippen LogP contribution in [0.2, 0.25) is 0 Å². The van der Waals surface area contributed by atoms with Gasteiger partial charge in [-0.1, -0.05) is 107 Å². The van der Waals surface area contributed by atoms with E-state index in [-0.39, 0.29) is 58.5 Å². The predicted molar refractivity (Wildman–Crippen MR) is 358 cm³/mol. The Morgan fingerprint density at radius 1 is 0.800 bits per heavy atom. The Morgan fingerprint density at radius 3 is 2.27 bits per heavy atom. The molecule has 0 saturated carbocycles. The number of nitrogens with one attached hydrogen (secondary N) is 6. The van der Waals surface area contributed by atoms with Crippen molar-refractivity contribution in [1.29, 1.82) is 0 Å². The molecule has 1 aliphatic carbocycles. The summed E-state index contributed by atoms with van der Waals surface area (Å²) in [6, 6.07) is 40.2. The number of urea groups is 1. The smallest absolute Gasteiger partial charge is 0.343 e. The van der Waals surface area contributed by atoms with Gasteiger partial charge >= 0.3 is 11.7 Å². The van der Waals surface area contributed by atoms with Gasteiger partial charge in [0.1, 0.15) is 22.1 Å². The van der Waals surface area contributed by atoms with Crippen molar-refractivity contribution < 1.29 is 32.9 Å². The molecule has 5 heterocycles. The second-order valence-corrected chi connectivity index (χ2v) is 24.1. The Morgan fingerprint density at radius 2 is 1.50 bits per heavy atom. The molecule has 0 bridgehead atoms. The average Bonchev–Trinajstić information content (AvgIpc) is 3.92. The number of carbonyl (C=O) groups excluding carboxylic acids is 4. The molecule has 9 aromatic rings. The van der Waals surface area contributed by atoms with Crippen LogP contribution in [0.25, 0.3) is 16.8 Å². The Hall–Kier alpha value is -9.65. The molecule has 2 unspecified atom stereocenters. The molecule has 90 heavy (non-hydrogen) atoms. The predicted octanol–water partition coefficient (Wildman–Crippen LogP) is 12.0. The molecule has 29 heteroatoms. The number of aromatic nitrogens is 6. The summed E-state index contributed by atoms with van der Waals surface area (Å²) in [6.45, 7) is 3.98. The summed E-state index contributed by atoms with van der Waals surface area (Å²) in [4.78, 5) is 89.2. The van der Waals surface area contributed by atoms with Gasteiger partial charge in [-0.15, -0.1) is 11.8 Å². The second kappa shape index (κ2) is 30.5. The number of thioether (sulfide) groups is 2. The lowest BCUT2D eigenvalue weighted by molar-refractivity contribution is -0.387. The SMILES string of the molecule is CNc1ncnc(Sc2nc(N)nc3c2N=CC3)c1[N+](=O)[O-].Cc1cccc(NC(=O)CC2Sc3ccccc3NC2=O)c1C.Nc1nc2c(c(SCC(=O)c3ccc(Br)cc3)n1)CC=C2.O=C(Nc1ccc(NS(=O)[O-])cc1)Nc1cccc2ccccc12. The molecule has 3 aliphatic rings. The van der Waals surface area contributed by atoms with E-state index in [1.54, 1.807) is 37.5 Å². The van der Waals surface area contributed by atoms with Crippen LogP contribution in [0, 0.1) is 24.0 Å². The minimum Gasteiger partial charge on any atom is -0.755 e. The Labute approximate surface area is 539 Å². The van der Waals surface area contributed by atoms with Crippen molar-refractivity contribution in [3.63, 3.8) is 0 Å². The number of nitrogen functional groups attached to an aromatic ring is 2. The number of amides is 4. The van der Waals surface area contributed by atoms with Crippen LogP contribution in [0.15, 0.2) is 175 Å². The maximum atomic E-state index is 12.3. The quantitative estimate of drug-likeness (QED) is 0.0118. The van der Waals surface area contributed by atoms with Gasteiger partial charge in [-0.25, -0.2) is 34.7 Å². The third-order valence-electron chi connectivity index (χ3n) is 13.3. The molecular weight excluding hydrogens is 1290 g/mol. The standard InChI is InChI=1S/C18H18N2O2S.C17H15N3O3S.C15H12BrN3OS.C11H10N8O2S/c1-11-6-5-8-13(12(11)2)19-17(21)10-16-18(22)20-14-7-3-4-9-15(14)23-16;21-17(18-13-8-10-14(11-9-13)20-24(22)23)19-16-7-3-5-12-4-1-2-6-15(12)16;16-10-6-4-9(5-7-10)13(20)8-21-14-11-2-1-3-12(11)18-15(17)19-14;1-13-8-7(19(20)21)10(16-4-15-8)22-9-6-5(2-3-14-6)17-11(12)18-9/h3-9,16H,10H2,1-2H3,(H,19,21)(H,20,22);1-11,20H,(H,22,23)(H2,18,19,21);1,3-7H,2,8H2,(H2,17,18,19);3-4H,2H2,1H3,(H2,12,17,18)(H,13,15,16)/p-1. The van der Waals surface area contributed by atoms with Crippen LogP contribution in [0.1, 0.15) is 44.9 Å². The number of hydrogen-bond donors (Lipinski definition) is 8. The van der Waals surface area contributed by atoms with E-state index in [9.17, 15) is 38.1 Å². The van der Waals surface area contributed by atoms with Gasteiger partial charge in [-0.05, 0) is 115 Å². The van der Waals surface area contributed by atoms with E-state index in [4.69, 9.17) is 11.5 Å². The molecule has 4 amide bonds. The van der Waals surface area contributed by atoms with Crippen LogP contribution in [-0.4, -0.2) is 91.5 Å². The van der Waals surface area contributed by atoms with E-state index >= 15 is 0 Å². The van der Waals surface area contributed by atoms with Crippen LogP contribution in [0.3, 0.4) is 0 Å². The topological polar surface area (TPSA) is 365 Å². The van der Waals surface area contributed by atoms with E-state index < -0.39 is 21.4 Å². The van der Waals surface area contributed by atoms with Crippen molar-refractivity contribution in [2.24, 2.45) is 4.99 Å². The average molecular weight is 1350 g/mol. The van der Waals surface area contributed by atoms with Crippen LogP contribution in [-0.2, 0) is 33.7 Å². The third-order valence-corrected chi connectivity index (χ3v) is 17.5. The van der Waals surface area contributed by atoms with Gasteiger partial charge in [0, 0.05) is 80.3 Å². The van der Waals surface area contributed by atoms with Crippen LogP contribution in [0.5, 0.6) is 0 Å². The number of nitrogens with zero attached hydrogens (tertiary/aromatic N) is 8. The van der Waals surface area contributed by atoms with E-state index in [0.717, 1.165) is 77.1 Å². The summed E-state index contributed by atoms with van der Waals surface area (Å²) in [5, 5.41) is 28.2. The molecule has 2 aliphatic heterocycles. The normalized spacial score (nSPS) is 13.2. The number of fused-ring (bicyclic) bond motifs is 4. The molecule has 458 valence electrons. The van der Waals surface area contributed by atoms with Gasteiger partial charge in [0.15, 0.2) is 10.8 Å². The van der Waals surface area contributed by atoms with Crippen molar-refractivity contribution in [1.82, 2.24) is 29.9 Å². The minimum atomic E-state index is -2.37. The highest BCUT2D eigenvalue weighted by molar-refractivity contribution is 9.10. The first kappa shape index (κ1) is 64.8. The maximum absolute atomic E-state index is 12.3. The third kappa shape index (κ3) is 17.1. The number of rotatable bonds is 15. The molecule has 0 fully saturated rings. The molecule has 12 rings (SSSR count). The largest absolute Gasteiger partial charge is 0.755 e. The van der Waals surface area contributed by atoms with Gasteiger partial charge in [0.05, 0.1) is 38.7 Å². The zero-order valence-corrected chi connectivity index (χ0v) is 52.8. The van der Waals surface area contributed by atoms with Gasteiger partial charge in [0.25, 0.3) is 0 Å². The van der Waals surface area contributed by atoms with Crippen molar-refractivity contribution in [2.75, 3.05) is 55.6 Å². The van der Waals surface area contributed by atoms with Crippen molar-refractivity contribution in [3.05, 3.63) is 194 Å². The fourth-order valence-corrected chi connectivity index (χ4v) is 12.5. The first-order valence-electron chi connectivity index (χ1n) is 27.1. The molecule has 24 nitrogen and oxygen atoms in total. The number of carbonyl (C=O) groups is 4. The number of aryl methyl sites for hydroxylation is 1. The number of allylic oxidation sites excluding steroid dienone is 1. The number of benzene rings is 6. The Bertz CT molecular complexity index is 4280. The number of halogens is 1. The number of hydrogen-bond acceptors (Lipinski definition) is 21. The molecule has 0 radical (unpaired) electrons. The lowest BCUT2D eigenvalue weighted by Crippen LogP contribution is -2.32. The minimum absolute atomic E-state index is 0.0735. The lowest BCUT2D eigenvalue weighted by atomic mass is 10.1. The first-order chi connectivity index (χ1) is 43.4. The number of para-hydroxylation sites is 1. The van der Waals surface area contributed by atoms with Gasteiger partial charge in [0.2, 0.25) is 29.5 Å². The van der Waals surface area contributed by atoms with Gasteiger partial charge in [-0.2, -0.15) is 0 Å². The molecule has 0 saturated heterocycles. The summed E-state index contributed by atoms with van der Waals surface area (Å²) < 4.78 is 24.3. The van der Waals surface area contributed by atoms with Gasteiger partial charge in [-0.3, -0.25) is 33.7 Å². The van der Waals surface area contributed by atoms with E-state index in [2.05, 4.69) is 82.1 Å². The van der Waals surface area contributed by atoms with Crippen molar-refractivity contribution >= 4 is 167 Å². The number of aliphatic imine (C=N–C) groups is 1. The van der Waals surface area contributed by atoms with E-state index in [0.29, 0.717) is 51.2 Å². The Balaban J connectivity index is 0.000000142. The molecule has 10 N–H and O–H groups in total. The highest BCUT2D eigenvalue weighted by Crippen LogP contribution is 2.42. The summed E-state index contributed by atoms with van der Waals surface area (Å²) in [5.74, 6) is 0.616. The summed E-state index contributed by atoms with van der Waals surface area (Å²) in [6.07, 6.45) is 8.41. The Kier molecular flexibility index (Phi) is 22.0. The monoisotopic (exact) mass is 1350 g/mol. The molecule has 3 aromatic heterocycles. The first-order valence-corrected chi connectivity index (χ1v) is 31.7. The second-order valence-electron chi connectivity index (χ2n) is 19.4. The van der Waals surface area contributed by atoms with Crippen LogP contribution < -0.4 is 42.8 Å². The fourth-order valence-electron chi connectivity index (χ4n) is 8.85.